The summed E-state index contributed by atoms with van der Waals surface area (Å²) in [4.78, 5) is 11.6. The molecule has 1 aromatic carbocycles. The monoisotopic (exact) mass is 262 g/mol. The van der Waals surface area contributed by atoms with E-state index < -0.39 is 0 Å². The van der Waals surface area contributed by atoms with E-state index >= 15 is 0 Å². The molecule has 0 saturated carbocycles. The van der Waals surface area contributed by atoms with Gasteiger partial charge in [-0.05, 0) is 24.3 Å². The summed E-state index contributed by atoms with van der Waals surface area (Å²) in [7, 11) is 0. The van der Waals surface area contributed by atoms with Crippen LogP contribution in [-0.4, -0.2) is 28.8 Å². The molecule has 0 atom stereocenters. The molecule has 0 bridgehead atoms. The number of carbonyl (C=O) groups excluding carboxylic acids is 1. The van der Waals surface area contributed by atoms with Gasteiger partial charge < -0.3 is 10.6 Å². The third kappa shape index (κ3) is 4.51. The van der Waals surface area contributed by atoms with Crippen molar-refractivity contribution in [3.05, 3.63) is 48.5 Å². The van der Waals surface area contributed by atoms with E-state index in [0.29, 0.717) is 18.8 Å². The molecule has 2 N–H and O–H groups in total. The fourth-order valence-electron chi connectivity index (χ4n) is 1.60. The first kappa shape index (κ1) is 13.2. The van der Waals surface area contributed by atoms with Gasteiger partial charge in [-0.15, -0.1) is 0 Å². The number of benzene rings is 1. The number of anilines is 1. The topological polar surface area (TPSA) is 59.0 Å². The zero-order valence-corrected chi connectivity index (χ0v) is 10.3. The highest BCUT2D eigenvalue weighted by molar-refractivity contribution is 5.92. The maximum Gasteiger partial charge on any atom is 0.238 e. The van der Waals surface area contributed by atoms with E-state index in [2.05, 4.69) is 15.7 Å². The number of aromatic nitrogens is 2. The number of nitrogens with zero attached hydrogens (tertiary/aromatic N) is 2. The molecule has 2 aromatic rings. The first-order chi connectivity index (χ1) is 9.24. The first-order valence-corrected chi connectivity index (χ1v) is 5.97. The van der Waals surface area contributed by atoms with Crippen molar-refractivity contribution in [2.45, 2.75) is 6.54 Å². The van der Waals surface area contributed by atoms with Crippen LogP contribution in [0.5, 0.6) is 0 Å². The molecule has 100 valence electrons. The average Bonchev–Trinajstić information content (AvgIpc) is 2.88. The van der Waals surface area contributed by atoms with Crippen LogP contribution < -0.4 is 10.6 Å². The fourth-order valence-corrected chi connectivity index (χ4v) is 1.60. The summed E-state index contributed by atoms with van der Waals surface area (Å²) < 4.78 is 14.7. The quantitative estimate of drug-likeness (QED) is 0.770. The van der Waals surface area contributed by atoms with Gasteiger partial charge in [0.1, 0.15) is 5.82 Å². The van der Waals surface area contributed by atoms with Crippen LogP contribution in [0.1, 0.15) is 0 Å². The van der Waals surface area contributed by atoms with Gasteiger partial charge >= 0.3 is 0 Å². The lowest BCUT2D eigenvalue weighted by molar-refractivity contribution is -0.115. The van der Waals surface area contributed by atoms with Gasteiger partial charge in [0.25, 0.3) is 0 Å². The van der Waals surface area contributed by atoms with E-state index in [4.69, 9.17) is 0 Å². The van der Waals surface area contributed by atoms with E-state index in [1.54, 1.807) is 23.0 Å². The van der Waals surface area contributed by atoms with Crippen molar-refractivity contribution >= 4 is 11.6 Å². The molecular weight excluding hydrogens is 247 g/mol. The van der Waals surface area contributed by atoms with Crippen LogP contribution in [0.25, 0.3) is 0 Å². The molecule has 0 aliphatic rings. The second-order valence-corrected chi connectivity index (χ2v) is 4.00. The highest BCUT2D eigenvalue weighted by Gasteiger charge is 2.02. The number of halogens is 1. The smallest absolute Gasteiger partial charge is 0.238 e. The Morgan fingerprint density at radius 1 is 1.37 bits per heavy atom. The van der Waals surface area contributed by atoms with Crippen molar-refractivity contribution in [1.29, 1.82) is 0 Å². The van der Waals surface area contributed by atoms with Crippen LogP contribution >= 0.6 is 0 Å². The standard InChI is InChI=1S/C13H15FN4O/c14-11-3-1-4-12(9-11)17-13(19)10-15-6-8-18-7-2-5-16-18/h1-5,7,9,15H,6,8,10H2,(H,17,19). The molecule has 1 aromatic heterocycles. The van der Waals surface area contributed by atoms with Crippen LogP contribution in [0.2, 0.25) is 0 Å². The molecule has 0 aliphatic heterocycles. The highest BCUT2D eigenvalue weighted by atomic mass is 19.1. The highest BCUT2D eigenvalue weighted by Crippen LogP contribution is 2.08. The molecule has 1 heterocycles. The number of nitrogens with one attached hydrogen (secondary N) is 2. The van der Waals surface area contributed by atoms with E-state index in [1.165, 1.54) is 12.1 Å². The molecule has 0 unspecified atom stereocenters. The lowest BCUT2D eigenvalue weighted by Gasteiger charge is -2.07. The maximum atomic E-state index is 12.9. The van der Waals surface area contributed by atoms with Gasteiger partial charge in [-0.1, -0.05) is 6.07 Å². The summed E-state index contributed by atoms with van der Waals surface area (Å²) in [5.41, 5.74) is 0.457. The van der Waals surface area contributed by atoms with Gasteiger partial charge in [0.2, 0.25) is 5.91 Å². The van der Waals surface area contributed by atoms with Crippen molar-refractivity contribution in [3.63, 3.8) is 0 Å². The van der Waals surface area contributed by atoms with Crippen molar-refractivity contribution in [1.82, 2.24) is 15.1 Å². The summed E-state index contributed by atoms with van der Waals surface area (Å²) in [6, 6.07) is 7.65. The van der Waals surface area contributed by atoms with E-state index in [0.717, 1.165) is 0 Å². The van der Waals surface area contributed by atoms with Crippen molar-refractivity contribution in [3.8, 4) is 0 Å². The summed E-state index contributed by atoms with van der Waals surface area (Å²) >= 11 is 0. The summed E-state index contributed by atoms with van der Waals surface area (Å²) in [6.45, 7) is 1.51. The van der Waals surface area contributed by atoms with Crippen molar-refractivity contribution in [2.24, 2.45) is 0 Å². The normalized spacial score (nSPS) is 10.4. The Balaban J connectivity index is 1.67. The predicted octanol–water partition coefficient (Wildman–Crippen LogP) is 1.25. The molecule has 0 radical (unpaired) electrons. The molecule has 5 nitrogen and oxygen atoms in total. The summed E-state index contributed by atoms with van der Waals surface area (Å²) in [5, 5.41) is 9.65. The summed E-state index contributed by atoms with van der Waals surface area (Å²) in [6.07, 6.45) is 3.56. The zero-order valence-electron chi connectivity index (χ0n) is 10.3. The molecule has 0 aliphatic carbocycles. The third-order valence-electron chi connectivity index (χ3n) is 2.47. The van der Waals surface area contributed by atoms with Crippen LogP contribution in [0.15, 0.2) is 42.7 Å². The number of carbonyl (C=O) groups is 1. The Morgan fingerprint density at radius 3 is 3.00 bits per heavy atom. The molecule has 1 amide bonds. The Bertz CT molecular complexity index is 527. The number of hydrogen-bond acceptors (Lipinski definition) is 3. The zero-order chi connectivity index (χ0) is 13.5. The molecule has 0 saturated heterocycles. The first-order valence-electron chi connectivity index (χ1n) is 5.97. The maximum absolute atomic E-state index is 12.9. The Morgan fingerprint density at radius 2 is 2.26 bits per heavy atom. The molecule has 0 fully saturated rings. The van der Waals surface area contributed by atoms with Crippen LogP contribution in [0.3, 0.4) is 0 Å². The second kappa shape index (κ2) is 6.65. The fraction of sp³-hybridized carbons (Fsp3) is 0.231. The van der Waals surface area contributed by atoms with Crippen LogP contribution in [0, 0.1) is 5.82 Å². The number of amides is 1. The minimum atomic E-state index is -0.371. The predicted molar refractivity (Wildman–Crippen MR) is 70.1 cm³/mol. The van der Waals surface area contributed by atoms with E-state index in [1.807, 2.05) is 12.3 Å². The van der Waals surface area contributed by atoms with Gasteiger partial charge in [0.05, 0.1) is 13.1 Å². The van der Waals surface area contributed by atoms with E-state index in [9.17, 15) is 9.18 Å². The molecule has 0 spiro atoms. The number of rotatable bonds is 6. The largest absolute Gasteiger partial charge is 0.325 e. The average molecular weight is 262 g/mol. The Hall–Kier alpha value is -2.21. The minimum Gasteiger partial charge on any atom is -0.325 e. The molecule has 6 heteroatoms. The molecular formula is C13H15FN4O. The lowest BCUT2D eigenvalue weighted by atomic mass is 10.3. The van der Waals surface area contributed by atoms with Gasteiger partial charge in [-0.25, -0.2) is 4.39 Å². The molecule has 19 heavy (non-hydrogen) atoms. The van der Waals surface area contributed by atoms with Gasteiger partial charge in [0, 0.05) is 24.6 Å². The minimum absolute atomic E-state index is 0.178. The van der Waals surface area contributed by atoms with Crippen molar-refractivity contribution < 1.29 is 9.18 Å². The van der Waals surface area contributed by atoms with E-state index in [-0.39, 0.29) is 18.3 Å². The lowest BCUT2D eigenvalue weighted by Crippen LogP contribution is -2.30. The van der Waals surface area contributed by atoms with Gasteiger partial charge in [-0.3, -0.25) is 9.48 Å². The summed E-state index contributed by atoms with van der Waals surface area (Å²) in [5.74, 6) is -0.574. The van der Waals surface area contributed by atoms with Gasteiger partial charge in [-0.2, -0.15) is 5.10 Å². The molecule has 2 rings (SSSR count). The Labute approximate surface area is 110 Å². The Kier molecular flexibility index (Phi) is 4.63. The van der Waals surface area contributed by atoms with Crippen LogP contribution in [0.4, 0.5) is 10.1 Å². The van der Waals surface area contributed by atoms with Crippen LogP contribution in [-0.2, 0) is 11.3 Å². The van der Waals surface area contributed by atoms with Crippen molar-refractivity contribution in [2.75, 3.05) is 18.4 Å². The second-order valence-electron chi connectivity index (χ2n) is 4.00. The number of hydrogen-bond donors (Lipinski definition) is 2. The third-order valence-corrected chi connectivity index (χ3v) is 2.47. The van der Waals surface area contributed by atoms with Gasteiger partial charge in [0.15, 0.2) is 0 Å². The SMILES string of the molecule is O=C(CNCCn1cccn1)Nc1cccc(F)c1.